The van der Waals surface area contributed by atoms with Crippen molar-refractivity contribution >= 4 is 44.4 Å². The van der Waals surface area contributed by atoms with Crippen LogP contribution in [0.2, 0.25) is 0 Å². The van der Waals surface area contributed by atoms with Crippen molar-refractivity contribution in [3.63, 3.8) is 0 Å². The molecule has 1 aromatic heterocycles. The number of rotatable bonds is 5. The first-order valence-corrected chi connectivity index (χ1v) is 11.6. The number of aliphatic hydroxyl groups is 2. The van der Waals surface area contributed by atoms with Crippen LogP contribution in [0.5, 0.6) is 17.2 Å². The van der Waals surface area contributed by atoms with Gasteiger partial charge in [0.05, 0.1) is 31.1 Å². The minimum atomic E-state index is -2.15. The molecule has 0 aliphatic carbocycles. The Bertz CT molecular complexity index is 1670. The SMILES string of the molecule is C=Cc1cc(OC)c2c(c1)c(=O)oc1c2cc(OC)c2c(O)ccc(C3OC(C)C(O)(C(C)=O)C3O)c21. The van der Waals surface area contributed by atoms with Gasteiger partial charge < -0.3 is 33.9 Å². The summed E-state index contributed by atoms with van der Waals surface area (Å²) in [6.07, 6.45) is -2.27. The number of ketones is 1. The summed E-state index contributed by atoms with van der Waals surface area (Å²) < 4.78 is 22.9. The van der Waals surface area contributed by atoms with E-state index in [1.165, 1.54) is 40.2 Å². The van der Waals surface area contributed by atoms with E-state index in [9.17, 15) is 24.9 Å². The van der Waals surface area contributed by atoms with E-state index >= 15 is 0 Å². The van der Waals surface area contributed by atoms with Crippen LogP contribution in [-0.2, 0) is 9.53 Å². The quantitative estimate of drug-likeness (QED) is 0.274. The van der Waals surface area contributed by atoms with Gasteiger partial charge in [-0.05, 0) is 49.2 Å². The highest BCUT2D eigenvalue weighted by molar-refractivity contribution is 6.19. The molecule has 37 heavy (non-hydrogen) atoms. The number of methoxy groups -OCH3 is 2. The van der Waals surface area contributed by atoms with Crippen molar-refractivity contribution in [3.05, 3.63) is 58.5 Å². The summed E-state index contributed by atoms with van der Waals surface area (Å²) in [7, 11) is 2.91. The van der Waals surface area contributed by atoms with E-state index in [2.05, 4.69) is 6.58 Å². The Balaban J connectivity index is 1.97. The molecule has 0 spiro atoms. The Morgan fingerprint density at radius 3 is 2.35 bits per heavy atom. The number of carbonyl (C=O) groups is 1. The molecule has 2 heterocycles. The molecule has 5 rings (SSSR count). The Hall–Kier alpha value is -3.92. The van der Waals surface area contributed by atoms with Gasteiger partial charge in [-0.15, -0.1) is 0 Å². The fourth-order valence-electron chi connectivity index (χ4n) is 5.30. The Morgan fingerprint density at radius 2 is 1.76 bits per heavy atom. The van der Waals surface area contributed by atoms with E-state index in [1.807, 2.05) is 0 Å². The van der Waals surface area contributed by atoms with E-state index < -0.39 is 35.3 Å². The van der Waals surface area contributed by atoms with Gasteiger partial charge in [0.2, 0.25) is 0 Å². The molecule has 9 nitrogen and oxygen atoms in total. The smallest absolute Gasteiger partial charge is 0.344 e. The molecule has 9 heteroatoms. The normalized spacial score (nSPS) is 23.6. The van der Waals surface area contributed by atoms with Crippen molar-refractivity contribution in [3.8, 4) is 17.2 Å². The average Bonchev–Trinajstić information content (AvgIpc) is 3.12. The summed E-state index contributed by atoms with van der Waals surface area (Å²) in [5.74, 6) is -0.170. The molecule has 0 bridgehead atoms. The molecule has 0 radical (unpaired) electrons. The lowest BCUT2D eigenvalue weighted by molar-refractivity contribution is -0.148. The average molecular weight is 507 g/mol. The number of hydrogen-bond donors (Lipinski definition) is 3. The summed E-state index contributed by atoms with van der Waals surface area (Å²) in [5.41, 5.74) is -1.78. The molecular weight excluding hydrogens is 480 g/mol. The highest BCUT2D eigenvalue weighted by Gasteiger charge is 2.57. The fraction of sp³-hybridized carbons (Fsp3) is 0.286. The van der Waals surface area contributed by atoms with Crippen LogP contribution in [0, 0.1) is 0 Å². The second-order valence-electron chi connectivity index (χ2n) is 9.14. The Labute approximate surface area is 211 Å². The van der Waals surface area contributed by atoms with Crippen LogP contribution in [0.4, 0.5) is 0 Å². The molecule has 0 saturated carbocycles. The van der Waals surface area contributed by atoms with Gasteiger partial charge in [0.25, 0.3) is 0 Å². The number of hydrogen-bond acceptors (Lipinski definition) is 9. The maximum atomic E-state index is 13.2. The van der Waals surface area contributed by atoms with Gasteiger partial charge in [0, 0.05) is 16.2 Å². The number of phenols is 1. The number of aromatic hydroxyl groups is 1. The maximum Gasteiger partial charge on any atom is 0.344 e. The van der Waals surface area contributed by atoms with Crippen LogP contribution in [0.3, 0.4) is 0 Å². The van der Waals surface area contributed by atoms with Gasteiger partial charge in [-0.25, -0.2) is 4.79 Å². The number of ether oxygens (including phenoxy) is 3. The van der Waals surface area contributed by atoms with Gasteiger partial charge in [-0.1, -0.05) is 18.7 Å². The van der Waals surface area contributed by atoms with Crippen molar-refractivity contribution in [2.24, 2.45) is 0 Å². The zero-order valence-corrected chi connectivity index (χ0v) is 20.7. The summed E-state index contributed by atoms with van der Waals surface area (Å²) in [4.78, 5) is 25.5. The number of Topliss-reactive ketones (excluding diaryl/α,β-unsaturated/α-hetero) is 1. The van der Waals surface area contributed by atoms with Crippen molar-refractivity contribution in [1.82, 2.24) is 0 Å². The standard InChI is InChI=1S/C28H26O9/c1-6-14-9-17-21(19(10-14)34-4)16-11-20(35-5)23-18(30)8-7-15(22(23)24(16)37-27(17)32)25-26(31)28(33,12(2)29)13(3)36-25/h6-11,13,25-26,30-31,33H,1H2,2-5H3. The number of fused-ring (bicyclic) bond motifs is 5. The summed E-state index contributed by atoms with van der Waals surface area (Å²) in [6, 6.07) is 7.86. The van der Waals surface area contributed by atoms with E-state index in [0.717, 1.165) is 0 Å². The topological polar surface area (TPSA) is 136 Å². The van der Waals surface area contributed by atoms with Crippen molar-refractivity contribution in [2.45, 2.75) is 37.8 Å². The summed E-state index contributed by atoms with van der Waals surface area (Å²) in [5, 5.41) is 34.5. The van der Waals surface area contributed by atoms with Crippen LogP contribution in [0.15, 0.2) is 46.1 Å². The molecule has 1 aliphatic heterocycles. The molecule has 4 unspecified atom stereocenters. The third-order valence-corrected chi connectivity index (χ3v) is 7.27. The van der Waals surface area contributed by atoms with Crippen LogP contribution < -0.4 is 15.1 Å². The van der Waals surface area contributed by atoms with E-state index in [1.54, 1.807) is 24.3 Å². The lowest BCUT2D eigenvalue weighted by atomic mass is 9.84. The summed E-state index contributed by atoms with van der Waals surface area (Å²) in [6.45, 7) is 6.42. The van der Waals surface area contributed by atoms with Crippen molar-refractivity contribution in [1.29, 1.82) is 0 Å². The van der Waals surface area contributed by atoms with Gasteiger partial charge in [-0.2, -0.15) is 0 Å². The molecule has 3 aromatic carbocycles. The minimum absolute atomic E-state index is 0.0885. The highest BCUT2D eigenvalue weighted by atomic mass is 16.5. The van der Waals surface area contributed by atoms with E-state index in [4.69, 9.17) is 18.6 Å². The number of aliphatic hydroxyl groups excluding tert-OH is 1. The predicted octanol–water partition coefficient (Wildman–Crippen LogP) is 3.61. The zero-order valence-electron chi connectivity index (χ0n) is 20.7. The monoisotopic (exact) mass is 506 g/mol. The first kappa shape index (κ1) is 24.8. The number of phenolic OH excluding ortho intramolecular Hbond substituents is 1. The van der Waals surface area contributed by atoms with Crippen LogP contribution in [0.25, 0.3) is 38.6 Å². The first-order valence-electron chi connectivity index (χ1n) is 11.6. The maximum absolute atomic E-state index is 13.2. The van der Waals surface area contributed by atoms with Gasteiger partial charge in [0.1, 0.15) is 35.0 Å². The zero-order chi connectivity index (χ0) is 26.8. The van der Waals surface area contributed by atoms with Crippen molar-refractivity contribution in [2.75, 3.05) is 14.2 Å². The molecule has 4 atom stereocenters. The molecule has 0 amide bonds. The highest BCUT2D eigenvalue weighted by Crippen LogP contribution is 2.49. The van der Waals surface area contributed by atoms with Gasteiger partial charge in [-0.3, -0.25) is 4.79 Å². The van der Waals surface area contributed by atoms with E-state index in [-0.39, 0.29) is 38.8 Å². The lowest BCUT2D eigenvalue weighted by Crippen LogP contribution is -2.52. The second-order valence-corrected chi connectivity index (χ2v) is 9.14. The fourth-order valence-corrected chi connectivity index (χ4v) is 5.30. The molecule has 1 aliphatic rings. The molecule has 3 N–H and O–H groups in total. The van der Waals surface area contributed by atoms with Crippen LogP contribution >= 0.6 is 0 Å². The van der Waals surface area contributed by atoms with Gasteiger partial charge >= 0.3 is 5.63 Å². The molecular formula is C28H26O9. The van der Waals surface area contributed by atoms with Crippen LogP contribution in [-0.4, -0.2) is 53.1 Å². The first-order chi connectivity index (χ1) is 17.6. The minimum Gasteiger partial charge on any atom is -0.507 e. The Kier molecular flexibility index (Phi) is 5.74. The van der Waals surface area contributed by atoms with Crippen molar-refractivity contribution < 1.29 is 38.7 Å². The van der Waals surface area contributed by atoms with E-state index in [0.29, 0.717) is 22.1 Å². The number of benzene rings is 3. The second kappa shape index (κ2) is 8.58. The molecule has 1 fully saturated rings. The molecule has 4 aromatic rings. The number of carbonyl (C=O) groups excluding carboxylic acids is 1. The summed E-state index contributed by atoms with van der Waals surface area (Å²) >= 11 is 0. The largest absolute Gasteiger partial charge is 0.507 e. The van der Waals surface area contributed by atoms with Crippen LogP contribution in [0.1, 0.15) is 31.1 Å². The lowest BCUT2D eigenvalue weighted by Gasteiger charge is -2.26. The Morgan fingerprint density at radius 1 is 1.08 bits per heavy atom. The predicted molar refractivity (Wildman–Crippen MR) is 137 cm³/mol. The molecule has 192 valence electrons. The van der Waals surface area contributed by atoms with Gasteiger partial charge in [0.15, 0.2) is 11.4 Å². The third-order valence-electron chi connectivity index (χ3n) is 7.27. The third kappa shape index (κ3) is 3.35. The molecule has 1 saturated heterocycles.